The molecule has 1 aliphatic rings. The standard InChI is InChI=1S/C8H13N3/c1-5(9)8-10-4-7(11-8)6-2-3-6/h4-6H,2-3,9H2,1H3,(H,10,11)/t5-/m0/s1. The number of nitrogens with two attached hydrogens (primary N) is 1. The molecule has 0 amide bonds. The van der Waals surface area contributed by atoms with E-state index in [-0.39, 0.29) is 6.04 Å². The van der Waals surface area contributed by atoms with Gasteiger partial charge in [-0.1, -0.05) is 0 Å². The summed E-state index contributed by atoms with van der Waals surface area (Å²) in [6.07, 6.45) is 4.53. The van der Waals surface area contributed by atoms with Crippen LogP contribution >= 0.6 is 0 Å². The minimum absolute atomic E-state index is 0.0301. The molecular weight excluding hydrogens is 138 g/mol. The third kappa shape index (κ3) is 1.28. The van der Waals surface area contributed by atoms with E-state index >= 15 is 0 Å². The second-order valence-electron chi connectivity index (χ2n) is 3.29. The number of imidazole rings is 1. The van der Waals surface area contributed by atoms with Crippen LogP contribution in [0.1, 0.15) is 43.2 Å². The maximum absolute atomic E-state index is 5.65. The van der Waals surface area contributed by atoms with Crippen molar-refractivity contribution in [2.24, 2.45) is 5.73 Å². The summed E-state index contributed by atoms with van der Waals surface area (Å²) in [4.78, 5) is 7.43. The van der Waals surface area contributed by atoms with Crippen molar-refractivity contribution in [3.63, 3.8) is 0 Å². The van der Waals surface area contributed by atoms with Crippen molar-refractivity contribution >= 4 is 0 Å². The summed E-state index contributed by atoms with van der Waals surface area (Å²) in [5, 5.41) is 0. The van der Waals surface area contributed by atoms with Crippen molar-refractivity contribution < 1.29 is 0 Å². The second-order valence-corrected chi connectivity index (χ2v) is 3.29. The van der Waals surface area contributed by atoms with E-state index in [1.54, 1.807) is 0 Å². The van der Waals surface area contributed by atoms with Crippen LogP contribution in [-0.4, -0.2) is 9.97 Å². The van der Waals surface area contributed by atoms with Crippen LogP contribution in [0.3, 0.4) is 0 Å². The maximum Gasteiger partial charge on any atom is 0.122 e. The van der Waals surface area contributed by atoms with Gasteiger partial charge in [0.25, 0.3) is 0 Å². The Morgan fingerprint density at radius 1 is 1.73 bits per heavy atom. The molecule has 1 heterocycles. The van der Waals surface area contributed by atoms with Crippen LogP contribution in [0.25, 0.3) is 0 Å². The summed E-state index contributed by atoms with van der Waals surface area (Å²) >= 11 is 0. The van der Waals surface area contributed by atoms with E-state index in [0.717, 1.165) is 11.7 Å². The fourth-order valence-electron chi connectivity index (χ4n) is 1.18. The third-order valence-electron chi connectivity index (χ3n) is 2.06. The number of nitrogens with one attached hydrogen (secondary N) is 1. The molecule has 0 radical (unpaired) electrons. The monoisotopic (exact) mass is 151 g/mol. The highest BCUT2D eigenvalue weighted by Gasteiger charge is 2.25. The molecule has 1 aromatic heterocycles. The summed E-state index contributed by atoms with van der Waals surface area (Å²) in [5.74, 6) is 1.65. The topological polar surface area (TPSA) is 54.7 Å². The summed E-state index contributed by atoms with van der Waals surface area (Å²) in [5.41, 5.74) is 6.92. The summed E-state index contributed by atoms with van der Waals surface area (Å²) in [7, 11) is 0. The Morgan fingerprint density at radius 2 is 2.45 bits per heavy atom. The van der Waals surface area contributed by atoms with Crippen molar-refractivity contribution in [3.8, 4) is 0 Å². The molecule has 2 rings (SSSR count). The van der Waals surface area contributed by atoms with E-state index in [1.807, 2.05) is 13.1 Å². The highest BCUT2D eigenvalue weighted by Crippen LogP contribution is 2.38. The maximum atomic E-state index is 5.65. The van der Waals surface area contributed by atoms with E-state index in [0.29, 0.717) is 0 Å². The molecule has 11 heavy (non-hydrogen) atoms. The van der Waals surface area contributed by atoms with Crippen molar-refractivity contribution in [3.05, 3.63) is 17.7 Å². The normalized spacial score (nSPS) is 20.2. The molecule has 1 saturated carbocycles. The van der Waals surface area contributed by atoms with Gasteiger partial charge in [0.2, 0.25) is 0 Å². The van der Waals surface area contributed by atoms with Crippen molar-refractivity contribution in [1.29, 1.82) is 0 Å². The molecule has 1 fully saturated rings. The quantitative estimate of drug-likeness (QED) is 0.669. The molecule has 0 saturated heterocycles. The van der Waals surface area contributed by atoms with E-state index in [4.69, 9.17) is 5.73 Å². The molecule has 3 N–H and O–H groups in total. The first kappa shape index (κ1) is 6.85. The van der Waals surface area contributed by atoms with Gasteiger partial charge in [-0.25, -0.2) is 4.98 Å². The zero-order valence-electron chi connectivity index (χ0n) is 6.67. The molecule has 60 valence electrons. The van der Waals surface area contributed by atoms with Gasteiger partial charge in [0.05, 0.1) is 6.04 Å². The highest BCUT2D eigenvalue weighted by molar-refractivity contribution is 5.14. The van der Waals surface area contributed by atoms with Gasteiger partial charge in [0.15, 0.2) is 0 Å². The average Bonchev–Trinajstić information content (AvgIpc) is 2.68. The number of H-pyrrole nitrogens is 1. The third-order valence-corrected chi connectivity index (χ3v) is 2.06. The molecular formula is C8H13N3. The van der Waals surface area contributed by atoms with Crippen molar-refractivity contribution in [2.45, 2.75) is 31.7 Å². The van der Waals surface area contributed by atoms with Gasteiger partial charge in [-0.15, -0.1) is 0 Å². The highest BCUT2D eigenvalue weighted by atomic mass is 15.0. The summed E-state index contributed by atoms with van der Waals surface area (Å²) in [6, 6.07) is 0.0301. The Kier molecular flexibility index (Phi) is 1.46. The van der Waals surface area contributed by atoms with Gasteiger partial charge in [-0.05, 0) is 19.8 Å². The Hall–Kier alpha value is -0.830. The van der Waals surface area contributed by atoms with Gasteiger partial charge >= 0.3 is 0 Å². The minimum Gasteiger partial charge on any atom is -0.344 e. The lowest BCUT2D eigenvalue weighted by atomic mass is 10.3. The van der Waals surface area contributed by atoms with Gasteiger partial charge in [0, 0.05) is 17.8 Å². The average molecular weight is 151 g/mol. The molecule has 3 heteroatoms. The van der Waals surface area contributed by atoms with E-state index < -0.39 is 0 Å². The van der Waals surface area contributed by atoms with Crippen LogP contribution in [0, 0.1) is 0 Å². The Morgan fingerprint density at radius 3 is 2.91 bits per heavy atom. The fourth-order valence-corrected chi connectivity index (χ4v) is 1.18. The second kappa shape index (κ2) is 2.34. The van der Waals surface area contributed by atoms with Crippen LogP contribution in [0.15, 0.2) is 6.20 Å². The van der Waals surface area contributed by atoms with Crippen LogP contribution in [0.4, 0.5) is 0 Å². The first-order valence-electron chi connectivity index (χ1n) is 4.08. The molecule has 1 atom stereocenters. The molecule has 0 aromatic carbocycles. The van der Waals surface area contributed by atoms with Crippen LogP contribution in [0.5, 0.6) is 0 Å². The number of aromatic nitrogens is 2. The lowest BCUT2D eigenvalue weighted by Crippen LogP contribution is -2.06. The lowest BCUT2D eigenvalue weighted by Gasteiger charge is -1.97. The van der Waals surface area contributed by atoms with E-state index in [9.17, 15) is 0 Å². The zero-order chi connectivity index (χ0) is 7.84. The molecule has 0 spiro atoms. The van der Waals surface area contributed by atoms with E-state index in [2.05, 4.69) is 9.97 Å². The molecule has 0 bridgehead atoms. The first-order chi connectivity index (χ1) is 5.27. The lowest BCUT2D eigenvalue weighted by molar-refractivity contribution is 0.751. The number of hydrogen-bond donors (Lipinski definition) is 2. The Balaban J connectivity index is 2.18. The number of hydrogen-bond acceptors (Lipinski definition) is 2. The molecule has 0 unspecified atom stereocenters. The van der Waals surface area contributed by atoms with E-state index in [1.165, 1.54) is 18.5 Å². The Labute approximate surface area is 66.0 Å². The zero-order valence-corrected chi connectivity index (χ0v) is 6.67. The number of nitrogens with zero attached hydrogens (tertiary/aromatic N) is 1. The van der Waals surface area contributed by atoms with Crippen LogP contribution in [0.2, 0.25) is 0 Å². The van der Waals surface area contributed by atoms with Gasteiger partial charge in [-0.2, -0.15) is 0 Å². The van der Waals surface area contributed by atoms with Gasteiger partial charge < -0.3 is 10.7 Å². The van der Waals surface area contributed by atoms with Crippen molar-refractivity contribution in [1.82, 2.24) is 9.97 Å². The van der Waals surface area contributed by atoms with Crippen LogP contribution < -0.4 is 5.73 Å². The number of aromatic amines is 1. The molecule has 3 nitrogen and oxygen atoms in total. The van der Waals surface area contributed by atoms with Gasteiger partial charge in [-0.3, -0.25) is 0 Å². The van der Waals surface area contributed by atoms with Crippen LogP contribution in [-0.2, 0) is 0 Å². The predicted octanol–water partition coefficient (Wildman–Crippen LogP) is 1.31. The largest absolute Gasteiger partial charge is 0.344 e. The first-order valence-corrected chi connectivity index (χ1v) is 4.08. The van der Waals surface area contributed by atoms with Gasteiger partial charge in [0.1, 0.15) is 5.82 Å². The molecule has 1 aliphatic carbocycles. The molecule has 0 aliphatic heterocycles. The minimum atomic E-state index is 0.0301. The SMILES string of the molecule is C[C@H](N)c1ncc(C2CC2)[nH]1. The summed E-state index contributed by atoms with van der Waals surface area (Å²) < 4.78 is 0. The fraction of sp³-hybridized carbons (Fsp3) is 0.625. The number of rotatable bonds is 2. The Bertz CT molecular complexity index is 231. The van der Waals surface area contributed by atoms with Crippen molar-refractivity contribution in [2.75, 3.05) is 0 Å². The molecule has 1 aromatic rings. The predicted molar refractivity (Wildman–Crippen MR) is 43.2 cm³/mol. The summed E-state index contributed by atoms with van der Waals surface area (Å²) in [6.45, 7) is 1.94. The smallest absolute Gasteiger partial charge is 0.122 e.